The molecule has 1 aromatic heterocycles. The third-order valence-corrected chi connectivity index (χ3v) is 5.93. The molecule has 1 fully saturated rings. The van der Waals surface area contributed by atoms with Crippen LogP contribution in [-0.4, -0.2) is 40.1 Å². The first-order valence-electron chi connectivity index (χ1n) is 9.75. The van der Waals surface area contributed by atoms with Crippen molar-refractivity contribution in [2.45, 2.75) is 18.6 Å². The molecule has 3 aromatic rings. The standard InChI is InChI=1S/C22H22N2O6S/c1-29-19-10-9-14(12-17(19)24-11-5-8-20(24)25)23-22(26)21-16(13-31(2,27)28)15-6-3-4-7-18(15)30-21/h3-4,6-7,9-10,12H,5,8,11,13H2,1-2H3,(H,23,26). The number of sulfone groups is 1. The minimum absolute atomic E-state index is 0.00509. The van der Waals surface area contributed by atoms with E-state index in [4.69, 9.17) is 9.15 Å². The summed E-state index contributed by atoms with van der Waals surface area (Å²) >= 11 is 0. The monoisotopic (exact) mass is 442 g/mol. The Bertz CT molecular complexity index is 1280. The minimum Gasteiger partial charge on any atom is -0.495 e. The van der Waals surface area contributed by atoms with E-state index in [2.05, 4.69) is 5.32 Å². The number of anilines is 2. The van der Waals surface area contributed by atoms with E-state index in [0.717, 1.165) is 12.7 Å². The average molecular weight is 442 g/mol. The first kappa shape index (κ1) is 20.9. The molecule has 0 bridgehead atoms. The number of rotatable bonds is 6. The molecule has 9 heteroatoms. The summed E-state index contributed by atoms with van der Waals surface area (Å²) < 4.78 is 35.0. The molecule has 2 heterocycles. The van der Waals surface area contributed by atoms with Crippen LogP contribution in [-0.2, 0) is 20.4 Å². The van der Waals surface area contributed by atoms with Crippen LogP contribution in [0.25, 0.3) is 11.0 Å². The van der Waals surface area contributed by atoms with Crippen molar-refractivity contribution in [3.8, 4) is 5.75 Å². The molecular formula is C22H22N2O6S. The van der Waals surface area contributed by atoms with Crippen molar-refractivity contribution in [2.75, 3.05) is 30.1 Å². The number of hydrogen-bond acceptors (Lipinski definition) is 6. The molecule has 1 saturated heterocycles. The van der Waals surface area contributed by atoms with Crippen LogP contribution in [0.2, 0.25) is 0 Å². The van der Waals surface area contributed by atoms with Gasteiger partial charge in [-0.25, -0.2) is 8.42 Å². The quantitative estimate of drug-likeness (QED) is 0.627. The summed E-state index contributed by atoms with van der Waals surface area (Å²) in [5.41, 5.74) is 1.76. The molecule has 162 valence electrons. The Morgan fingerprint density at radius 2 is 2.00 bits per heavy atom. The summed E-state index contributed by atoms with van der Waals surface area (Å²) in [5.74, 6) is -0.424. The summed E-state index contributed by atoms with van der Waals surface area (Å²) in [6.07, 6.45) is 2.33. The lowest BCUT2D eigenvalue weighted by Crippen LogP contribution is -2.24. The number of ether oxygens (including phenoxy) is 1. The van der Waals surface area contributed by atoms with Crippen LogP contribution in [0.1, 0.15) is 29.0 Å². The van der Waals surface area contributed by atoms with Gasteiger partial charge in [-0.05, 0) is 30.7 Å². The molecule has 0 spiro atoms. The Morgan fingerprint density at radius 1 is 1.23 bits per heavy atom. The van der Waals surface area contributed by atoms with Gasteiger partial charge in [0, 0.05) is 35.9 Å². The molecule has 0 radical (unpaired) electrons. The fourth-order valence-corrected chi connectivity index (χ4v) is 4.57. The number of methoxy groups -OCH3 is 1. The van der Waals surface area contributed by atoms with Crippen LogP contribution in [0.15, 0.2) is 46.9 Å². The molecular weight excluding hydrogens is 420 g/mol. The van der Waals surface area contributed by atoms with Gasteiger partial charge in [0.15, 0.2) is 15.6 Å². The molecule has 1 N–H and O–H groups in total. The number of fused-ring (bicyclic) bond motifs is 1. The molecule has 1 aliphatic rings. The molecule has 0 atom stereocenters. The maximum atomic E-state index is 13.0. The second kappa shape index (κ2) is 8.07. The summed E-state index contributed by atoms with van der Waals surface area (Å²) in [5, 5.41) is 3.33. The topological polar surface area (TPSA) is 106 Å². The highest BCUT2D eigenvalue weighted by Crippen LogP contribution is 2.35. The van der Waals surface area contributed by atoms with Gasteiger partial charge in [0.2, 0.25) is 5.91 Å². The van der Waals surface area contributed by atoms with Crippen LogP contribution in [0, 0.1) is 0 Å². The Labute approximate surface area is 179 Å². The van der Waals surface area contributed by atoms with E-state index < -0.39 is 15.7 Å². The van der Waals surface area contributed by atoms with Gasteiger partial charge in [-0.2, -0.15) is 0 Å². The Balaban J connectivity index is 1.70. The van der Waals surface area contributed by atoms with Crippen molar-refractivity contribution < 1.29 is 27.2 Å². The molecule has 0 saturated carbocycles. The molecule has 4 rings (SSSR count). The van der Waals surface area contributed by atoms with Gasteiger partial charge in [0.1, 0.15) is 11.3 Å². The third-order valence-electron chi connectivity index (χ3n) is 5.11. The maximum Gasteiger partial charge on any atom is 0.291 e. The number of benzene rings is 2. The van der Waals surface area contributed by atoms with Crippen molar-refractivity contribution >= 4 is 44.0 Å². The van der Waals surface area contributed by atoms with Gasteiger partial charge >= 0.3 is 0 Å². The largest absolute Gasteiger partial charge is 0.495 e. The highest BCUT2D eigenvalue weighted by Gasteiger charge is 2.26. The van der Waals surface area contributed by atoms with Crippen molar-refractivity contribution in [3.05, 3.63) is 53.8 Å². The Hall–Kier alpha value is -3.33. The van der Waals surface area contributed by atoms with Crippen molar-refractivity contribution in [3.63, 3.8) is 0 Å². The number of nitrogens with zero attached hydrogens (tertiary/aromatic N) is 1. The Morgan fingerprint density at radius 3 is 2.68 bits per heavy atom. The number of carbonyl (C=O) groups excluding carboxylic acids is 2. The second-order valence-electron chi connectivity index (χ2n) is 7.47. The molecule has 0 aliphatic carbocycles. The van der Waals surface area contributed by atoms with Gasteiger partial charge in [0.05, 0.1) is 18.6 Å². The number of furan rings is 1. The van der Waals surface area contributed by atoms with Crippen LogP contribution in [0.4, 0.5) is 11.4 Å². The van der Waals surface area contributed by atoms with Crippen LogP contribution in [0.3, 0.4) is 0 Å². The SMILES string of the molecule is COc1ccc(NC(=O)c2oc3ccccc3c2CS(C)(=O)=O)cc1N1CCCC1=O. The van der Waals surface area contributed by atoms with Crippen LogP contribution < -0.4 is 15.0 Å². The van der Waals surface area contributed by atoms with Gasteiger partial charge < -0.3 is 19.4 Å². The minimum atomic E-state index is -3.40. The highest BCUT2D eigenvalue weighted by atomic mass is 32.2. The molecule has 31 heavy (non-hydrogen) atoms. The number of nitrogens with one attached hydrogen (secondary N) is 1. The summed E-state index contributed by atoms with van der Waals surface area (Å²) in [4.78, 5) is 26.8. The molecule has 2 amide bonds. The normalized spacial score (nSPS) is 14.3. The third kappa shape index (κ3) is 4.27. The van der Waals surface area contributed by atoms with Crippen LogP contribution in [0.5, 0.6) is 5.75 Å². The van der Waals surface area contributed by atoms with Crippen molar-refractivity contribution in [1.82, 2.24) is 0 Å². The van der Waals surface area contributed by atoms with Crippen molar-refractivity contribution in [2.24, 2.45) is 0 Å². The predicted octanol–water partition coefficient (Wildman–Crippen LogP) is 3.37. The lowest BCUT2D eigenvalue weighted by Gasteiger charge is -2.20. The first-order valence-corrected chi connectivity index (χ1v) is 11.8. The summed E-state index contributed by atoms with van der Waals surface area (Å²) in [6, 6.07) is 11.9. The van der Waals surface area contributed by atoms with E-state index in [9.17, 15) is 18.0 Å². The van der Waals surface area contributed by atoms with E-state index in [-0.39, 0.29) is 17.4 Å². The summed E-state index contributed by atoms with van der Waals surface area (Å²) in [6.45, 7) is 0.578. The predicted molar refractivity (Wildman–Crippen MR) is 117 cm³/mol. The molecule has 1 aliphatic heterocycles. The maximum absolute atomic E-state index is 13.0. The molecule has 8 nitrogen and oxygen atoms in total. The number of hydrogen-bond donors (Lipinski definition) is 1. The molecule has 2 aromatic carbocycles. The zero-order valence-corrected chi connectivity index (χ0v) is 18.0. The first-order chi connectivity index (χ1) is 14.8. The van der Waals surface area contributed by atoms with Crippen molar-refractivity contribution in [1.29, 1.82) is 0 Å². The average Bonchev–Trinajstić information content (AvgIpc) is 3.30. The van der Waals surface area contributed by atoms with Crippen LogP contribution >= 0.6 is 0 Å². The second-order valence-corrected chi connectivity index (χ2v) is 9.61. The van der Waals surface area contributed by atoms with Gasteiger partial charge in [-0.1, -0.05) is 18.2 Å². The number of para-hydroxylation sites is 1. The fraction of sp³-hybridized carbons (Fsp3) is 0.273. The van der Waals surface area contributed by atoms with Gasteiger partial charge in [-0.3, -0.25) is 9.59 Å². The summed E-state index contributed by atoms with van der Waals surface area (Å²) in [7, 11) is -1.88. The highest BCUT2D eigenvalue weighted by molar-refractivity contribution is 7.89. The lowest BCUT2D eigenvalue weighted by atomic mass is 10.1. The number of carbonyl (C=O) groups is 2. The smallest absolute Gasteiger partial charge is 0.291 e. The zero-order chi connectivity index (χ0) is 22.2. The van der Waals surface area contributed by atoms with E-state index in [1.54, 1.807) is 47.4 Å². The Kier molecular flexibility index (Phi) is 5.45. The van der Waals surface area contributed by atoms with E-state index in [0.29, 0.717) is 46.6 Å². The number of amides is 2. The van der Waals surface area contributed by atoms with Gasteiger partial charge in [0.25, 0.3) is 5.91 Å². The molecule has 0 unspecified atom stereocenters. The van der Waals surface area contributed by atoms with Gasteiger partial charge in [-0.15, -0.1) is 0 Å². The zero-order valence-electron chi connectivity index (χ0n) is 17.2. The van der Waals surface area contributed by atoms with E-state index in [1.807, 2.05) is 0 Å². The van der Waals surface area contributed by atoms with E-state index >= 15 is 0 Å². The fourth-order valence-electron chi connectivity index (χ4n) is 3.76. The van der Waals surface area contributed by atoms with E-state index in [1.165, 1.54) is 7.11 Å². The lowest BCUT2D eigenvalue weighted by molar-refractivity contribution is -0.117.